The van der Waals surface area contributed by atoms with E-state index in [-0.39, 0.29) is 17.6 Å². The van der Waals surface area contributed by atoms with E-state index in [0.717, 1.165) is 11.1 Å². The Bertz CT molecular complexity index is 1040. The third-order valence-electron chi connectivity index (χ3n) is 4.28. The highest BCUT2D eigenvalue weighted by atomic mass is 32.2. The molecule has 0 aliphatic carbocycles. The molecule has 0 saturated heterocycles. The van der Waals surface area contributed by atoms with Gasteiger partial charge in [-0.1, -0.05) is 49.9 Å². The van der Waals surface area contributed by atoms with Crippen molar-refractivity contribution in [3.8, 4) is 11.1 Å². The number of nitrogens with zero attached hydrogens (tertiary/aromatic N) is 1. The Kier molecular flexibility index (Phi) is 6.25. The van der Waals surface area contributed by atoms with Gasteiger partial charge < -0.3 is 9.72 Å². The number of esters is 1. The average Bonchev–Trinajstić information content (AvgIpc) is 3.05. The van der Waals surface area contributed by atoms with Crippen LogP contribution in [0.4, 0.5) is 0 Å². The van der Waals surface area contributed by atoms with Crippen molar-refractivity contribution >= 4 is 39.3 Å². The number of thiophene rings is 1. The molecule has 3 rings (SSSR count). The Labute approximate surface area is 172 Å². The summed E-state index contributed by atoms with van der Waals surface area (Å²) < 4.78 is 5.21. The van der Waals surface area contributed by atoms with Gasteiger partial charge in [0, 0.05) is 10.9 Å². The summed E-state index contributed by atoms with van der Waals surface area (Å²) in [5.41, 5.74) is 2.95. The Morgan fingerprint density at radius 3 is 2.43 bits per heavy atom. The molecule has 0 aliphatic rings. The topological polar surface area (TPSA) is 72.0 Å². The number of carbonyl (C=O) groups is 1. The number of benzene rings is 1. The zero-order chi connectivity index (χ0) is 20.4. The average molecular weight is 417 g/mol. The number of hydrogen-bond acceptors (Lipinski definition) is 6. The number of H-pyrrole nitrogens is 1. The van der Waals surface area contributed by atoms with Crippen molar-refractivity contribution in [1.29, 1.82) is 0 Å². The maximum Gasteiger partial charge on any atom is 0.319 e. The van der Waals surface area contributed by atoms with Crippen LogP contribution in [0.25, 0.3) is 21.3 Å². The van der Waals surface area contributed by atoms with Crippen molar-refractivity contribution in [2.75, 3.05) is 0 Å². The molecule has 2 heterocycles. The fourth-order valence-electron chi connectivity index (χ4n) is 2.79. The second-order valence-corrected chi connectivity index (χ2v) is 9.41. The van der Waals surface area contributed by atoms with Gasteiger partial charge in [0.25, 0.3) is 5.56 Å². The predicted molar refractivity (Wildman–Crippen MR) is 116 cm³/mol. The molecule has 7 heteroatoms. The van der Waals surface area contributed by atoms with Gasteiger partial charge in [-0.25, -0.2) is 4.98 Å². The number of nitrogens with one attached hydrogen (secondary N) is 1. The van der Waals surface area contributed by atoms with Gasteiger partial charge in [-0.3, -0.25) is 9.59 Å². The summed E-state index contributed by atoms with van der Waals surface area (Å²) in [5, 5.41) is 2.52. The fraction of sp³-hybridized carbons (Fsp3) is 0.381. The number of ether oxygens (including phenoxy) is 1. The Hall–Kier alpha value is -2.12. The zero-order valence-corrected chi connectivity index (χ0v) is 18.2. The molecule has 2 aromatic heterocycles. The van der Waals surface area contributed by atoms with E-state index in [4.69, 9.17) is 4.74 Å². The Morgan fingerprint density at radius 1 is 1.14 bits per heavy atom. The van der Waals surface area contributed by atoms with Crippen LogP contribution in [0, 0.1) is 0 Å². The first-order valence-corrected chi connectivity index (χ1v) is 11.0. The van der Waals surface area contributed by atoms with Crippen LogP contribution in [0.1, 0.15) is 46.1 Å². The molecule has 1 unspecified atom stereocenters. The molecule has 0 radical (unpaired) electrons. The highest BCUT2D eigenvalue weighted by molar-refractivity contribution is 8.00. The van der Waals surface area contributed by atoms with Gasteiger partial charge in [-0.15, -0.1) is 11.3 Å². The molecule has 0 aliphatic heterocycles. The number of rotatable bonds is 6. The van der Waals surface area contributed by atoms with E-state index in [2.05, 4.69) is 35.9 Å². The number of aromatic nitrogens is 2. The molecule has 0 saturated carbocycles. The SMILES string of the molecule is CC(C)OC(=O)C(C)Sc1nc2scc(-c3ccc(C(C)C)cc3)c2c(=O)[nH]1. The highest BCUT2D eigenvalue weighted by Crippen LogP contribution is 2.32. The standard InChI is InChI=1S/C21H24N2O3S2/c1-11(2)14-6-8-15(9-7-14)16-10-27-19-17(16)18(24)22-21(23-19)28-13(5)20(25)26-12(3)4/h6-13H,1-5H3,(H,22,23,24). The van der Waals surface area contributed by atoms with Gasteiger partial charge in [-0.2, -0.15) is 0 Å². The Balaban J connectivity index is 1.90. The first-order valence-electron chi connectivity index (χ1n) is 9.25. The molecular formula is C21H24N2O3S2. The maximum atomic E-state index is 12.7. The summed E-state index contributed by atoms with van der Waals surface area (Å²) in [6.07, 6.45) is -0.174. The first kappa shape index (κ1) is 20.6. The van der Waals surface area contributed by atoms with E-state index in [1.807, 2.05) is 31.4 Å². The van der Waals surface area contributed by atoms with Crippen LogP contribution in [0.3, 0.4) is 0 Å². The third kappa shape index (κ3) is 4.47. The molecule has 3 aromatic rings. The minimum Gasteiger partial charge on any atom is -0.462 e. The van der Waals surface area contributed by atoms with Crippen LogP contribution >= 0.6 is 23.1 Å². The van der Waals surface area contributed by atoms with Crippen molar-refractivity contribution < 1.29 is 9.53 Å². The minimum absolute atomic E-state index is 0.174. The highest BCUT2D eigenvalue weighted by Gasteiger charge is 2.20. The monoisotopic (exact) mass is 416 g/mol. The summed E-state index contributed by atoms with van der Waals surface area (Å²) in [5.74, 6) is 0.141. The predicted octanol–water partition coefficient (Wildman–Crippen LogP) is 5.21. The summed E-state index contributed by atoms with van der Waals surface area (Å²) in [7, 11) is 0. The van der Waals surface area contributed by atoms with Crippen molar-refractivity contribution in [2.24, 2.45) is 0 Å². The molecule has 0 fully saturated rings. The smallest absolute Gasteiger partial charge is 0.319 e. The lowest BCUT2D eigenvalue weighted by Crippen LogP contribution is -2.21. The molecular weight excluding hydrogens is 392 g/mol. The van der Waals surface area contributed by atoms with Crippen molar-refractivity contribution in [3.05, 3.63) is 45.6 Å². The van der Waals surface area contributed by atoms with E-state index in [1.54, 1.807) is 6.92 Å². The van der Waals surface area contributed by atoms with Gasteiger partial charge in [0.1, 0.15) is 10.1 Å². The summed E-state index contributed by atoms with van der Waals surface area (Å²) in [4.78, 5) is 32.8. The first-order chi connectivity index (χ1) is 13.3. The van der Waals surface area contributed by atoms with Gasteiger partial charge in [0.05, 0.1) is 11.5 Å². The number of carbonyl (C=O) groups excluding carboxylic acids is 1. The van der Waals surface area contributed by atoms with E-state index in [9.17, 15) is 9.59 Å². The lowest BCUT2D eigenvalue weighted by atomic mass is 9.99. The van der Waals surface area contributed by atoms with Gasteiger partial charge in [0.15, 0.2) is 5.16 Å². The largest absolute Gasteiger partial charge is 0.462 e. The second kappa shape index (κ2) is 8.49. The van der Waals surface area contributed by atoms with Crippen LogP contribution in [0.5, 0.6) is 0 Å². The van der Waals surface area contributed by atoms with E-state index >= 15 is 0 Å². The van der Waals surface area contributed by atoms with Crippen molar-refractivity contribution in [1.82, 2.24) is 9.97 Å². The minimum atomic E-state index is -0.453. The van der Waals surface area contributed by atoms with E-state index in [0.29, 0.717) is 21.3 Å². The molecule has 1 aromatic carbocycles. The van der Waals surface area contributed by atoms with Crippen molar-refractivity contribution in [3.63, 3.8) is 0 Å². The molecule has 0 amide bonds. The van der Waals surface area contributed by atoms with E-state index in [1.165, 1.54) is 28.7 Å². The number of fused-ring (bicyclic) bond motifs is 1. The van der Waals surface area contributed by atoms with Crippen molar-refractivity contribution in [2.45, 2.75) is 57.0 Å². The van der Waals surface area contributed by atoms with Gasteiger partial charge in [0.2, 0.25) is 0 Å². The summed E-state index contributed by atoms with van der Waals surface area (Å²) in [6, 6.07) is 8.28. The maximum absolute atomic E-state index is 12.7. The molecule has 0 spiro atoms. The molecule has 28 heavy (non-hydrogen) atoms. The van der Waals surface area contributed by atoms with Crippen LogP contribution in [0.15, 0.2) is 39.6 Å². The van der Waals surface area contributed by atoms with Gasteiger partial charge >= 0.3 is 5.97 Å². The Morgan fingerprint density at radius 2 is 1.82 bits per heavy atom. The summed E-state index contributed by atoms with van der Waals surface area (Å²) >= 11 is 2.63. The van der Waals surface area contributed by atoms with E-state index < -0.39 is 5.25 Å². The summed E-state index contributed by atoms with van der Waals surface area (Å²) in [6.45, 7) is 9.67. The lowest BCUT2D eigenvalue weighted by molar-refractivity contribution is -0.146. The quantitative estimate of drug-likeness (QED) is 0.339. The zero-order valence-electron chi connectivity index (χ0n) is 16.6. The van der Waals surface area contributed by atoms with Crippen LogP contribution < -0.4 is 5.56 Å². The van der Waals surface area contributed by atoms with Crippen LogP contribution in [-0.2, 0) is 9.53 Å². The molecule has 5 nitrogen and oxygen atoms in total. The molecule has 148 valence electrons. The number of aromatic amines is 1. The van der Waals surface area contributed by atoms with Crippen LogP contribution in [-0.4, -0.2) is 27.3 Å². The number of hydrogen-bond donors (Lipinski definition) is 1. The normalized spacial score (nSPS) is 12.7. The molecule has 0 bridgehead atoms. The number of thioether (sulfide) groups is 1. The van der Waals surface area contributed by atoms with Crippen LogP contribution in [0.2, 0.25) is 0 Å². The second-order valence-electron chi connectivity index (χ2n) is 7.22. The fourth-order valence-corrected chi connectivity index (χ4v) is 4.58. The van der Waals surface area contributed by atoms with Gasteiger partial charge in [-0.05, 0) is 37.8 Å². The lowest BCUT2D eigenvalue weighted by Gasteiger charge is -2.12. The third-order valence-corrected chi connectivity index (χ3v) is 6.12. The molecule has 1 atom stereocenters. The molecule has 1 N–H and O–H groups in total.